The van der Waals surface area contributed by atoms with Crippen LogP contribution in [0.15, 0.2) is 18.2 Å². The molecule has 0 aromatic heterocycles. The van der Waals surface area contributed by atoms with E-state index in [4.69, 9.17) is 9.47 Å². The number of hydrogen-bond donors (Lipinski definition) is 0. The van der Waals surface area contributed by atoms with Gasteiger partial charge in [-0.2, -0.15) is 13.2 Å². The number of Topliss-reactive ketones (excluding diaryl/α,β-unsaturated/α-hetero) is 1. The van der Waals surface area contributed by atoms with Crippen LogP contribution in [0.25, 0.3) is 0 Å². The molecule has 0 radical (unpaired) electrons. The summed E-state index contributed by atoms with van der Waals surface area (Å²) in [5.74, 6) is -3.57. The van der Waals surface area contributed by atoms with Crippen LogP contribution < -0.4 is 9.47 Å². The first-order valence-corrected chi connectivity index (χ1v) is 6.60. The number of ether oxygens (including phenoxy) is 2. The molecule has 1 heterocycles. The molecule has 0 saturated heterocycles. The zero-order valence-electron chi connectivity index (χ0n) is 12.2. The lowest BCUT2D eigenvalue weighted by Gasteiger charge is -2.24. The van der Waals surface area contributed by atoms with Gasteiger partial charge in [-0.1, -0.05) is 13.0 Å². The number of rotatable bonds is 3. The molecular formula is C15H17F3O3. The van der Waals surface area contributed by atoms with E-state index in [1.807, 2.05) is 0 Å². The van der Waals surface area contributed by atoms with Gasteiger partial charge in [0.1, 0.15) is 5.78 Å². The van der Waals surface area contributed by atoms with Gasteiger partial charge >= 0.3 is 6.18 Å². The molecule has 0 unspecified atom stereocenters. The lowest BCUT2D eigenvalue weighted by Crippen LogP contribution is -2.30. The van der Waals surface area contributed by atoms with Gasteiger partial charge in [0.15, 0.2) is 11.5 Å². The topological polar surface area (TPSA) is 35.5 Å². The van der Waals surface area contributed by atoms with Crippen molar-refractivity contribution in [3.63, 3.8) is 0 Å². The standard InChI is InChI=1S/C15H17F3O3/c1-8(15(16,17)18)13(9(2)19)10-5-6-11-12(7-10)21-14(3,4)20-11/h5-8,13H,1-4H3/t8-,13-/m1/s1. The van der Waals surface area contributed by atoms with Crippen molar-refractivity contribution in [2.45, 2.75) is 45.6 Å². The third-order valence-corrected chi connectivity index (χ3v) is 3.49. The first kappa shape index (κ1) is 15.7. The lowest BCUT2D eigenvalue weighted by atomic mass is 9.84. The summed E-state index contributed by atoms with van der Waals surface area (Å²) < 4.78 is 49.8. The Morgan fingerprint density at radius 2 is 1.76 bits per heavy atom. The molecule has 3 nitrogen and oxygen atoms in total. The molecule has 0 fully saturated rings. The summed E-state index contributed by atoms with van der Waals surface area (Å²) in [4.78, 5) is 11.7. The molecule has 0 amide bonds. The van der Waals surface area contributed by atoms with E-state index in [9.17, 15) is 18.0 Å². The minimum atomic E-state index is -4.44. The van der Waals surface area contributed by atoms with Crippen LogP contribution in [0.2, 0.25) is 0 Å². The maximum atomic E-state index is 12.9. The van der Waals surface area contributed by atoms with Gasteiger partial charge in [0.05, 0.1) is 11.8 Å². The van der Waals surface area contributed by atoms with Crippen LogP contribution in [0, 0.1) is 5.92 Å². The van der Waals surface area contributed by atoms with E-state index in [1.54, 1.807) is 19.9 Å². The lowest BCUT2D eigenvalue weighted by molar-refractivity contribution is -0.178. The molecule has 0 aliphatic carbocycles. The van der Waals surface area contributed by atoms with Crippen LogP contribution in [0.3, 0.4) is 0 Å². The third-order valence-electron chi connectivity index (χ3n) is 3.49. The highest BCUT2D eigenvalue weighted by molar-refractivity contribution is 5.84. The molecule has 6 heteroatoms. The van der Waals surface area contributed by atoms with Crippen molar-refractivity contribution in [1.29, 1.82) is 0 Å². The number of carbonyl (C=O) groups excluding carboxylic acids is 1. The number of halogens is 3. The molecular weight excluding hydrogens is 285 g/mol. The molecule has 1 aliphatic rings. The average molecular weight is 302 g/mol. The molecule has 2 rings (SSSR count). The van der Waals surface area contributed by atoms with E-state index in [1.165, 1.54) is 19.1 Å². The predicted molar refractivity (Wildman–Crippen MR) is 70.4 cm³/mol. The van der Waals surface area contributed by atoms with Crippen molar-refractivity contribution in [1.82, 2.24) is 0 Å². The summed E-state index contributed by atoms with van der Waals surface area (Å²) in [6.45, 7) is 5.59. The fraction of sp³-hybridized carbons (Fsp3) is 0.533. The summed E-state index contributed by atoms with van der Waals surface area (Å²) in [6, 6.07) is 4.48. The Balaban J connectivity index is 2.38. The predicted octanol–water partition coefficient (Wildman–Crippen LogP) is 4.06. The van der Waals surface area contributed by atoms with Gasteiger partial charge in [0.25, 0.3) is 0 Å². The van der Waals surface area contributed by atoms with Crippen LogP contribution in [0.5, 0.6) is 11.5 Å². The first-order valence-electron chi connectivity index (χ1n) is 6.60. The number of benzene rings is 1. The summed E-state index contributed by atoms with van der Waals surface area (Å²) in [5.41, 5.74) is 0.285. The van der Waals surface area contributed by atoms with Gasteiger partial charge in [0.2, 0.25) is 5.79 Å². The number of carbonyl (C=O) groups is 1. The fourth-order valence-electron chi connectivity index (χ4n) is 2.50. The van der Waals surface area contributed by atoms with Crippen molar-refractivity contribution >= 4 is 5.78 Å². The summed E-state index contributed by atoms with van der Waals surface area (Å²) in [6.07, 6.45) is -4.44. The van der Waals surface area contributed by atoms with Gasteiger partial charge in [-0.25, -0.2) is 0 Å². The highest BCUT2D eigenvalue weighted by atomic mass is 19.4. The maximum absolute atomic E-state index is 12.9. The van der Waals surface area contributed by atoms with Crippen molar-refractivity contribution in [2.24, 2.45) is 5.92 Å². The van der Waals surface area contributed by atoms with Gasteiger partial charge in [-0.15, -0.1) is 0 Å². The van der Waals surface area contributed by atoms with Crippen LogP contribution in [0.1, 0.15) is 39.2 Å². The maximum Gasteiger partial charge on any atom is 0.392 e. The Labute approximate surface area is 121 Å². The van der Waals surface area contributed by atoms with E-state index in [-0.39, 0.29) is 5.56 Å². The normalized spacial score (nSPS) is 19.2. The number of ketones is 1. The molecule has 0 spiro atoms. The second-order valence-electron chi connectivity index (χ2n) is 5.73. The number of fused-ring (bicyclic) bond motifs is 1. The minimum Gasteiger partial charge on any atom is -0.449 e. The Morgan fingerprint density at radius 3 is 2.29 bits per heavy atom. The van der Waals surface area contributed by atoms with E-state index >= 15 is 0 Å². The van der Waals surface area contributed by atoms with Gasteiger partial charge in [-0.3, -0.25) is 4.79 Å². The van der Waals surface area contributed by atoms with Crippen LogP contribution in [-0.2, 0) is 4.79 Å². The van der Waals surface area contributed by atoms with Crippen LogP contribution in [-0.4, -0.2) is 17.7 Å². The quantitative estimate of drug-likeness (QED) is 0.844. The molecule has 1 aliphatic heterocycles. The molecule has 21 heavy (non-hydrogen) atoms. The van der Waals surface area contributed by atoms with Crippen molar-refractivity contribution in [3.8, 4) is 11.5 Å². The molecule has 0 bridgehead atoms. The largest absolute Gasteiger partial charge is 0.449 e. The van der Waals surface area contributed by atoms with Crippen molar-refractivity contribution in [2.75, 3.05) is 0 Å². The smallest absolute Gasteiger partial charge is 0.392 e. The van der Waals surface area contributed by atoms with Gasteiger partial charge in [0, 0.05) is 13.8 Å². The summed E-state index contributed by atoms with van der Waals surface area (Å²) >= 11 is 0. The average Bonchev–Trinajstić information content (AvgIpc) is 2.60. The zero-order chi connectivity index (χ0) is 16.0. The highest BCUT2D eigenvalue weighted by Crippen LogP contribution is 2.44. The van der Waals surface area contributed by atoms with Crippen LogP contribution >= 0.6 is 0 Å². The molecule has 0 saturated carbocycles. The van der Waals surface area contributed by atoms with Gasteiger partial charge in [-0.05, 0) is 24.6 Å². The molecule has 1 aromatic rings. The Bertz CT molecular complexity index is 564. The zero-order valence-corrected chi connectivity index (χ0v) is 12.2. The van der Waals surface area contributed by atoms with E-state index in [0.717, 1.165) is 6.92 Å². The number of alkyl halides is 3. The molecule has 2 atom stereocenters. The SMILES string of the molecule is CC(=O)[C@H](c1ccc2c(c1)OC(C)(C)O2)[C@@H](C)C(F)(F)F. The molecule has 0 N–H and O–H groups in total. The third kappa shape index (κ3) is 3.14. The fourth-order valence-corrected chi connectivity index (χ4v) is 2.50. The van der Waals surface area contributed by atoms with Crippen molar-refractivity contribution in [3.05, 3.63) is 23.8 Å². The second kappa shape index (κ2) is 4.93. The Kier molecular flexibility index (Phi) is 3.68. The van der Waals surface area contributed by atoms with E-state index in [0.29, 0.717) is 11.5 Å². The van der Waals surface area contributed by atoms with Crippen LogP contribution in [0.4, 0.5) is 13.2 Å². The monoisotopic (exact) mass is 302 g/mol. The Hall–Kier alpha value is -1.72. The second-order valence-corrected chi connectivity index (χ2v) is 5.73. The number of hydrogen-bond acceptors (Lipinski definition) is 3. The van der Waals surface area contributed by atoms with E-state index in [2.05, 4.69) is 0 Å². The molecule has 1 aromatic carbocycles. The highest BCUT2D eigenvalue weighted by Gasteiger charge is 2.44. The minimum absolute atomic E-state index is 0.285. The first-order chi connectivity index (χ1) is 9.51. The van der Waals surface area contributed by atoms with Gasteiger partial charge < -0.3 is 9.47 Å². The van der Waals surface area contributed by atoms with Crippen molar-refractivity contribution < 1.29 is 27.4 Å². The summed E-state index contributed by atoms with van der Waals surface area (Å²) in [5, 5.41) is 0. The molecule has 116 valence electrons. The summed E-state index contributed by atoms with van der Waals surface area (Å²) in [7, 11) is 0. The van der Waals surface area contributed by atoms with E-state index < -0.39 is 29.6 Å². The Morgan fingerprint density at radius 1 is 1.19 bits per heavy atom.